The molecule has 0 bridgehead atoms. The Morgan fingerprint density at radius 1 is 1.19 bits per heavy atom. The van der Waals surface area contributed by atoms with Crippen molar-refractivity contribution in [3.8, 4) is 11.5 Å². The molecule has 0 aliphatic carbocycles. The van der Waals surface area contributed by atoms with Gasteiger partial charge in [0.05, 0.1) is 16.6 Å². The molecule has 4 rings (SSSR count). The molecule has 3 aromatic rings. The van der Waals surface area contributed by atoms with E-state index in [9.17, 15) is 14.7 Å². The van der Waals surface area contributed by atoms with Crippen LogP contribution in [0.15, 0.2) is 42.7 Å². The third-order valence-electron chi connectivity index (χ3n) is 5.23. The maximum absolute atomic E-state index is 12.4. The maximum atomic E-state index is 12.4. The van der Waals surface area contributed by atoms with Gasteiger partial charge in [0.15, 0.2) is 0 Å². The molecule has 9 nitrogen and oxygen atoms in total. The number of aromatic nitrogens is 2. The number of ether oxygens (including phenoxy) is 1. The Balaban J connectivity index is 1.48. The highest BCUT2D eigenvalue weighted by molar-refractivity contribution is 6.36. The predicted molar refractivity (Wildman–Crippen MR) is 122 cm³/mol. The van der Waals surface area contributed by atoms with Crippen LogP contribution in [0.5, 0.6) is 11.5 Å². The van der Waals surface area contributed by atoms with Gasteiger partial charge in [0.2, 0.25) is 0 Å². The van der Waals surface area contributed by atoms with Crippen LogP contribution in [0.4, 0.5) is 15.4 Å². The lowest BCUT2D eigenvalue weighted by Gasteiger charge is -2.29. The van der Waals surface area contributed by atoms with E-state index in [0.29, 0.717) is 65.7 Å². The zero-order chi connectivity index (χ0) is 22.7. The van der Waals surface area contributed by atoms with E-state index in [1.54, 1.807) is 47.6 Å². The lowest BCUT2D eigenvalue weighted by atomic mass is 10.1. The highest BCUT2D eigenvalue weighted by Gasteiger charge is 2.21. The van der Waals surface area contributed by atoms with Crippen LogP contribution >= 0.6 is 11.6 Å². The first-order valence-electron chi connectivity index (χ1n) is 10.4. The van der Waals surface area contributed by atoms with Gasteiger partial charge < -0.3 is 20.1 Å². The van der Waals surface area contributed by atoms with Gasteiger partial charge in [0.25, 0.3) is 0 Å². The second-order valence-electron chi connectivity index (χ2n) is 7.49. The molecule has 0 radical (unpaired) electrons. The summed E-state index contributed by atoms with van der Waals surface area (Å²) >= 11 is 6.33. The average molecular weight is 458 g/mol. The van der Waals surface area contributed by atoms with Crippen LogP contribution in [0, 0.1) is 0 Å². The molecular formula is C22H24ClN5O4. The SMILES string of the molecule is CCNC(=O)n1cc(Cl)c2cc(Oc3ccnc(NC(=O)N4CCC(O)CC4)c3)ccc21. The largest absolute Gasteiger partial charge is 0.457 e. The second-order valence-corrected chi connectivity index (χ2v) is 7.90. The Morgan fingerprint density at radius 2 is 1.94 bits per heavy atom. The minimum Gasteiger partial charge on any atom is -0.457 e. The molecule has 2 aromatic heterocycles. The molecule has 3 amide bonds. The summed E-state index contributed by atoms with van der Waals surface area (Å²) in [6, 6.07) is 8.05. The number of rotatable bonds is 4. The number of nitrogens with one attached hydrogen (secondary N) is 2. The summed E-state index contributed by atoms with van der Waals surface area (Å²) in [6.45, 7) is 3.36. The predicted octanol–water partition coefficient (Wildman–Crippen LogP) is 4.05. The highest BCUT2D eigenvalue weighted by Crippen LogP contribution is 2.31. The van der Waals surface area contributed by atoms with Crippen LogP contribution in [0.1, 0.15) is 19.8 Å². The lowest BCUT2D eigenvalue weighted by Crippen LogP contribution is -2.42. The quantitative estimate of drug-likeness (QED) is 0.547. The number of carbonyl (C=O) groups is 2. The Bertz CT molecular complexity index is 1140. The molecule has 0 saturated carbocycles. The van der Waals surface area contributed by atoms with Crippen molar-refractivity contribution in [1.82, 2.24) is 19.8 Å². The number of halogens is 1. The topological polar surface area (TPSA) is 109 Å². The normalized spacial score (nSPS) is 14.4. The van der Waals surface area contributed by atoms with E-state index in [-0.39, 0.29) is 18.2 Å². The summed E-state index contributed by atoms with van der Waals surface area (Å²) in [5.41, 5.74) is 0.669. The summed E-state index contributed by atoms with van der Waals surface area (Å²) in [4.78, 5) is 30.5. The third-order valence-corrected chi connectivity index (χ3v) is 5.53. The van der Waals surface area contributed by atoms with Crippen molar-refractivity contribution in [1.29, 1.82) is 0 Å². The van der Waals surface area contributed by atoms with Crippen molar-refractivity contribution >= 4 is 40.4 Å². The number of anilines is 1. The van der Waals surface area contributed by atoms with E-state index in [2.05, 4.69) is 15.6 Å². The van der Waals surface area contributed by atoms with Gasteiger partial charge in [-0.2, -0.15) is 0 Å². The van der Waals surface area contributed by atoms with Crippen molar-refractivity contribution in [3.05, 3.63) is 47.7 Å². The molecule has 1 aromatic carbocycles. The van der Waals surface area contributed by atoms with Crippen LogP contribution in [-0.2, 0) is 0 Å². The van der Waals surface area contributed by atoms with Gasteiger partial charge in [-0.25, -0.2) is 14.6 Å². The molecule has 32 heavy (non-hydrogen) atoms. The summed E-state index contributed by atoms with van der Waals surface area (Å²) in [6.07, 6.45) is 3.90. The van der Waals surface area contributed by atoms with Crippen molar-refractivity contribution in [2.45, 2.75) is 25.9 Å². The summed E-state index contributed by atoms with van der Waals surface area (Å²) in [7, 11) is 0. The van der Waals surface area contributed by atoms with Gasteiger partial charge in [-0.1, -0.05) is 11.6 Å². The minimum absolute atomic E-state index is 0.254. The Hall–Kier alpha value is -3.30. The van der Waals surface area contributed by atoms with Crippen molar-refractivity contribution < 1.29 is 19.4 Å². The van der Waals surface area contributed by atoms with E-state index in [1.165, 1.54) is 4.57 Å². The van der Waals surface area contributed by atoms with Crippen LogP contribution in [-0.4, -0.2) is 57.4 Å². The fourth-order valence-corrected chi connectivity index (χ4v) is 3.82. The lowest BCUT2D eigenvalue weighted by molar-refractivity contribution is 0.0972. The zero-order valence-corrected chi connectivity index (χ0v) is 18.3. The standard InChI is InChI=1S/C22H24ClN5O4/c1-2-24-21(30)28-13-18(23)17-11-15(3-4-19(17)28)32-16-5-8-25-20(12-16)26-22(31)27-9-6-14(29)7-10-27/h3-5,8,11-14,29H,2,6-7,9-10H2,1H3,(H,24,30)(H,25,26,31). The van der Waals surface area contributed by atoms with Gasteiger partial charge in [-0.15, -0.1) is 0 Å². The van der Waals surface area contributed by atoms with Crippen LogP contribution in [0.2, 0.25) is 5.02 Å². The molecule has 1 aliphatic heterocycles. The number of amides is 3. The number of fused-ring (bicyclic) bond motifs is 1. The molecule has 0 atom stereocenters. The van der Waals surface area contributed by atoms with E-state index in [1.807, 2.05) is 6.92 Å². The Kier molecular flexibility index (Phi) is 6.48. The zero-order valence-electron chi connectivity index (χ0n) is 17.5. The average Bonchev–Trinajstić information content (AvgIpc) is 3.11. The van der Waals surface area contributed by atoms with Crippen molar-refractivity contribution in [2.24, 2.45) is 0 Å². The molecular weight excluding hydrogens is 434 g/mol. The number of aliphatic hydroxyl groups excluding tert-OH is 1. The van der Waals surface area contributed by atoms with Crippen molar-refractivity contribution in [2.75, 3.05) is 25.0 Å². The van der Waals surface area contributed by atoms with Crippen LogP contribution in [0.25, 0.3) is 10.9 Å². The van der Waals surface area contributed by atoms with E-state index in [0.717, 1.165) is 0 Å². The summed E-state index contributed by atoms with van der Waals surface area (Å²) < 4.78 is 7.40. The van der Waals surface area contributed by atoms with Crippen LogP contribution in [0.3, 0.4) is 0 Å². The van der Waals surface area contributed by atoms with E-state index >= 15 is 0 Å². The van der Waals surface area contributed by atoms with E-state index < -0.39 is 0 Å². The number of piperidine rings is 1. The van der Waals surface area contributed by atoms with E-state index in [4.69, 9.17) is 16.3 Å². The Morgan fingerprint density at radius 3 is 2.69 bits per heavy atom. The number of benzene rings is 1. The van der Waals surface area contributed by atoms with Gasteiger partial charge in [0.1, 0.15) is 17.3 Å². The fraction of sp³-hybridized carbons (Fsp3) is 0.318. The number of carbonyl (C=O) groups excluding carboxylic acids is 2. The maximum Gasteiger partial charge on any atom is 0.326 e. The molecule has 10 heteroatoms. The number of likely N-dealkylation sites (tertiary alicyclic amines) is 1. The number of pyridine rings is 1. The number of hydrogen-bond donors (Lipinski definition) is 3. The molecule has 1 fully saturated rings. The first-order chi connectivity index (χ1) is 15.4. The second kappa shape index (κ2) is 9.46. The van der Waals surface area contributed by atoms with Crippen LogP contribution < -0.4 is 15.4 Å². The molecule has 3 heterocycles. The molecule has 1 saturated heterocycles. The highest BCUT2D eigenvalue weighted by atomic mass is 35.5. The number of aliphatic hydroxyl groups is 1. The molecule has 3 N–H and O–H groups in total. The minimum atomic E-state index is -0.349. The van der Waals surface area contributed by atoms with Gasteiger partial charge in [0, 0.05) is 43.5 Å². The fourth-order valence-electron chi connectivity index (χ4n) is 3.57. The van der Waals surface area contributed by atoms with Gasteiger partial charge >= 0.3 is 12.1 Å². The smallest absolute Gasteiger partial charge is 0.326 e. The monoisotopic (exact) mass is 457 g/mol. The molecule has 0 spiro atoms. The van der Waals surface area contributed by atoms with Gasteiger partial charge in [-0.05, 0) is 44.0 Å². The number of hydrogen-bond acceptors (Lipinski definition) is 5. The summed E-state index contributed by atoms with van der Waals surface area (Å²) in [5.74, 6) is 1.38. The van der Waals surface area contributed by atoms with Crippen molar-refractivity contribution in [3.63, 3.8) is 0 Å². The van der Waals surface area contributed by atoms with Gasteiger partial charge in [-0.3, -0.25) is 9.88 Å². The summed E-state index contributed by atoms with van der Waals surface area (Å²) in [5, 5.41) is 16.2. The molecule has 168 valence electrons. The Labute approximate surface area is 189 Å². The number of urea groups is 1. The number of nitrogens with zero attached hydrogens (tertiary/aromatic N) is 3. The first-order valence-corrected chi connectivity index (χ1v) is 10.8. The first kappa shape index (κ1) is 21.9. The third kappa shape index (κ3) is 4.79. The molecule has 1 aliphatic rings. The molecule has 0 unspecified atom stereocenters.